The summed E-state index contributed by atoms with van der Waals surface area (Å²) in [5.41, 5.74) is 0.579. The van der Waals surface area contributed by atoms with Crippen molar-refractivity contribution in [2.24, 2.45) is 5.41 Å². The van der Waals surface area contributed by atoms with Gasteiger partial charge in [-0.2, -0.15) is 0 Å². The zero-order valence-corrected chi connectivity index (χ0v) is 22.7. The van der Waals surface area contributed by atoms with Crippen LogP contribution in [0.3, 0.4) is 0 Å². The highest BCUT2D eigenvalue weighted by Crippen LogP contribution is 2.41. The Balaban J connectivity index is 1.46. The van der Waals surface area contributed by atoms with Gasteiger partial charge in [0.2, 0.25) is 0 Å². The number of methoxy groups -OCH3 is 1. The molecule has 0 aliphatic carbocycles. The van der Waals surface area contributed by atoms with Crippen molar-refractivity contribution in [1.29, 1.82) is 0 Å². The maximum atomic E-state index is 13.8. The molecule has 40 heavy (non-hydrogen) atoms. The number of hydrogen-bond donors (Lipinski definition) is 2. The highest BCUT2D eigenvalue weighted by molar-refractivity contribution is 5.88. The molecule has 4 rings (SSSR count). The zero-order chi connectivity index (χ0) is 29.0. The number of carbonyl (C=O) groups is 1. The number of aliphatic hydroxyl groups excluding tert-OH is 1. The molecule has 1 saturated heterocycles. The normalized spacial score (nSPS) is 15.8. The van der Waals surface area contributed by atoms with Gasteiger partial charge in [-0.3, -0.25) is 14.7 Å². The summed E-state index contributed by atoms with van der Waals surface area (Å²) >= 11 is 0. The van der Waals surface area contributed by atoms with Gasteiger partial charge in [0.15, 0.2) is 0 Å². The minimum Gasteiger partial charge on any atom is -0.497 e. The van der Waals surface area contributed by atoms with Crippen molar-refractivity contribution in [2.45, 2.75) is 31.8 Å². The molecular weight excluding hydrogens is 523 g/mol. The summed E-state index contributed by atoms with van der Waals surface area (Å²) in [5, 5.41) is 22.3. The molecule has 212 valence electrons. The van der Waals surface area contributed by atoms with Crippen LogP contribution in [0, 0.1) is 34.7 Å². The molecule has 2 heterocycles. The molecule has 1 atom stereocenters. The molecule has 3 aromatic rings. The molecule has 10 heteroatoms. The number of aliphatic hydroxyl groups is 1. The van der Waals surface area contributed by atoms with Crippen LogP contribution >= 0.6 is 0 Å². The summed E-state index contributed by atoms with van der Waals surface area (Å²) in [4.78, 5) is 20.7. The number of rotatable bonds is 8. The Hall–Kier alpha value is -3.81. The van der Waals surface area contributed by atoms with Crippen LogP contribution in [0.25, 0.3) is 10.9 Å². The van der Waals surface area contributed by atoms with E-state index in [0.717, 1.165) is 11.1 Å². The fraction of sp³-hybridized carbons (Fsp3) is 0.400. The van der Waals surface area contributed by atoms with Crippen molar-refractivity contribution in [2.75, 3.05) is 45.7 Å². The first-order chi connectivity index (χ1) is 19.0. The standard InChI is InChI=1S/C30H32F3N3O4/c1-35(2)26-18-34-25-7-6-20(40-3)17-22(25)28(26)27(37)8-9-30(29(38)39)10-13-36(14-11-30)12-4-5-21-23(32)15-19(31)16-24(21)33/h6-7,15-18,27,37H,8-14H2,1-3H3,(H,38,39)/t27-/m1/s1. The highest BCUT2D eigenvalue weighted by atomic mass is 19.1. The van der Waals surface area contributed by atoms with Gasteiger partial charge in [0.1, 0.15) is 23.2 Å². The molecule has 0 bridgehead atoms. The minimum atomic E-state index is -1.06. The summed E-state index contributed by atoms with van der Waals surface area (Å²) in [6, 6.07) is 6.60. The molecule has 7 nitrogen and oxygen atoms in total. The molecule has 0 radical (unpaired) electrons. The van der Waals surface area contributed by atoms with Gasteiger partial charge in [-0.1, -0.05) is 11.8 Å². The van der Waals surface area contributed by atoms with Crippen molar-refractivity contribution >= 4 is 22.6 Å². The van der Waals surface area contributed by atoms with Gasteiger partial charge in [0, 0.05) is 50.3 Å². The fourth-order valence-corrected chi connectivity index (χ4v) is 5.18. The lowest BCUT2D eigenvalue weighted by atomic mass is 9.74. The van der Waals surface area contributed by atoms with E-state index in [1.807, 2.05) is 36.0 Å². The van der Waals surface area contributed by atoms with E-state index in [-0.39, 0.29) is 19.4 Å². The first-order valence-corrected chi connectivity index (χ1v) is 13.0. The summed E-state index contributed by atoms with van der Waals surface area (Å²) < 4.78 is 46.2. The third-order valence-electron chi connectivity index (χ3n) is 7.60. The fourth-order valence-electron chi connectivity index (χ4n) is 5.18. The predicted molar refractivity (Wildman–Crippen MR) is 146 cm³/mol. The molecule has 0 unspecified atom stereocenters. The summed E-state index contributed by atoms with van der Waals surface area (Å²) in [6.07, 6.45) is 1.92. The molecule has 0 spiro atoms. The summed E-state index contributed by atoms with van der Waals surface area (Å²) in [6.45, 7) is 1.03. The lowest BCUT2D eigenvalue weighted by Crippen LogP contribution is -2.44. The van der Waals surface area contributed by atoms with Crippen LogP contribution in [0.15, 0.2) is 36.5 Å². The molecule has 0 saturated carbocycles. The summed E-state index contributed by atoms with van der Waals surface area (Å²) in [7, 11) is 5.28. The van der Waals surface area contributed by atoms with Crippen LogP contribution in [-0.4, -0.2) is 66.9 Å². The molecular formula is C30H32F3N3O4. The van der Waals surface area contributed by atoms with Crippen molar-refractivity contribution < 1.29 is 32.9 Å². The second-order valence-corrected chi connectivity index (χ2v) is 10.3. The quantitative estimate of drug-likeness (QED) is 0.388. The summed E-state index contributed by atoms with van der Waals surface area (Å²) in [5.74, 6) is 1.69. The number of nitrogens with zero attached hydrogens (tertiary/aromatic N) is 3. The monoisotopic (exact) mass is 555 g/mol. The van der Waals surface area contributed by atoms with Crippen LogP contribution in [0.4, 0.5) is 18.9 Å². The van der Waals surface area contributed by atoms with E-state index in [0.29, 0.717) is 54.9 Å². The number of fused-ring (bicyclic) bond motifs is 1. The average Bonchev–Trinajstić information content (AvgIpc) is 2.92. The molecule has 1 aliphatic rings. The van der Waals surface area contributed by atoms with E-state index in [9.17, 15) is 28.2 Å². The number of carboxylic acid groups (broad SMARTS) is 1. The van der Waals surface area contributed by atoms with E-state index >= 15 is 0 Å². The molecule has 2 aromatic carbocycles. The maximum Gasteiger partial charge on any atom is 0.309 e. The second kappa shape index (κ2) is 12.1. The second-order valence-electron chi connectivity index (χ2n) is 10.3. The van der Waals surface area contributed by atoms with E-state index in [2.05, 4.69) is 16.8 Å². The number of aromatic nitrogens is 1. The molecule has 1 aliphatic heterocycles. The smallest absolute Gasteiger partial charge is 0.309 e. The van der Waals surface area contributed by atoms with Gasteiger partial charge >= 0.3 is 5.97 Å². The van der Waals surface area contributed by atoms with Crippen molar-refractivity contribution in [3.8, 4) is 17.6 Å². The highest BCUT2D eigenvalue weighted by Gasteiger charge is 2.41. The SMILES string of the molecule is COc1ccc2ncc(N(C)C)c([C@H](O)CCC3(C(=O)O)CCN(CC#Cc4c(F)cc(F)cc4F)CC3)c2c1. The Morgan fingerprint density at radius 3 is 2.45 bits per heavy atom. The largest absolute Gasteiger partial charge is 0.497 e. The van der Waals surface area contributed by atoms with Crippen molar-refractivity contribution in [3.63, 3.8) is 0 Å². The lowest BCUT2D eigenvalue weighted by Gasteiger charge is -2.38. The first-order valence-electron chi connectivity index (χ1n) is 13.0. The Morgan fingerprint density at radius 2 is 1.85 bits per heavy atom. The number of halogens is 3. The number of anilines is 1. The molecule has 1 fully saturated rings. The third kappa shape index (κ3) is 6.16. The van der Waals surface area contributed by atoms with Crippen LogP contribution in [0.2, 0.25) is 0 Å². The third-order valence-corrected chi connectivity index (χ3v) is 7.60. The van der Waals surface area contributed by atoms with Gasteiger partial charge in [-0.15, -0.1) is 0 Å². The first kappa shape index (κ1) is 29.2. The lowest BCUT2D eigenvalue weighted by molar-refractivity contribution is -0.153. The number of aliphatic carboxylic acids is 1. The predicted octanol–water partition coefficient (Wildman–Crippen LogP) is 4.76. The van der Waals surface area contributed by atoms with Crippen LogP contribution in [0.1, 0.15) is 42.9 Å². The van der Waals surface area contributed by atoms with Crippen LogP contribution in [0.5, 0.6) is 5.75 Å². The van der Waals surface area contributed by atoms with Crippen molar-refractivity contribution in [1.82, 2.24) is 9.88 Å². The van der Waals surface area contributed by atoms with Crippen LogP contribution < -0.4 is 9.64 Å². The minimum absolute atomic E-state index is 0.186. The number of ether oxygens (including phenoxy) is 1. The maximum absolute atomic E-state index is 13.8. The van der Waals surface area contributed by atoms with Gasteiger partial charge in [-0.05, 0) is 43.9 Å². The number of piperidine rings is 1. The zero-order valence-electron chi connectivity index (χ0n) is 22.7. The average molecular weight is 556 g/mol. The van der Waals surface area contributed by atoms with Gasteiger partial charge in [-0.25, -0.2) is 13.2 Å². The van der Waals surface area contributed by atoms with Gasteiger partial charge in [0.25, 0.3) is 0 Å². The van der Waals surface area contributed by atoms with E-state index < -0.39 is 40.5 Å². The number of likely N-dealkylation sites (tertiary alicyclic amines) is 1. The Kier molecular flexibility index (Phi) is 8.86. The Morgan fingerprint density at radius 1 is 1.18 bits per heavy atom. The Bertz CT molecular complexity index is 1440. The topological polar surface area (TPSA) is 86.1 Å². The van der Waals surface area contributed by atoms with E-state index in [1.165, 1.54) is 0 Å². The van der Waals surface area contributed by atoms with Gasteiger partial charge < -0.3 is 19.8 Å². The molecule has 2 N–H and O–H groups in total. The Labute approximate surface area is 231 Å². The van der Waals surface area contributed by atoms with E-state index in [4.69, 9.17) is 4.74 Å². The number of carboxylic acids is 1. The molecule has 0 amide bonds. The number of hydrogen-bond acceptors (Lipinski definition) is 6. The molecule has 1 aromatic heterocycles. The number of pyridine rings is 1. The van der Waals surface area contributed by atoms with Gasteiger partial charge in [0.05, 0.1) is 48.1 Å². The van der Waals surface area contributed by atoms with Crippen LogP contribution in [-0.2, 0) is 4.79 Å². The van der Waals surface area contributed by atoms with Crippen molar-refractivity contribution in [3.05, 3.63) is 65.1 Å². The number of benzene rings is 2. The van der Waals surface area contributed by atoms with E-state index in [1.54, 1.807) is 19.4 Å².